The highest BCUT2D eigenvalue weighted by Crippen LogP contribution is 2.23. The van der Waals surface area contributed by atoms with Gasteiger partial charge < -0.3 is 40.3 Å². The Morgan fingerprint density at radius 2 is 0.851 bits per heavy atom. The summed E-state index contributed by atoms with van der Waals surface area (Å²) in [5.41, 5.74) is 0. The van der Waals surface area contributed by atoms with Crippen LogP contribution in [0.1, 0.15) is 251 Å². The second kappa shape index (κ2) is 53.5. The number of unbranched alkanes of at least 4 members (excludes halogenated alkanes) is 27. The van der Waals surface area contributed by atoms with Crippen LogP contribution in [-0.4, -0.2) is 87.5 Å². The number of aliphatic hydroxyl groups is 5. The summed E-state index contributed by atoms with van der Waals surface area (Å²) in [6, 6.07) is -0.854. The molecule has 9 heteroatoms. The predicted molar refractivity (Wildman–Crippen MR) is 313 cm³/mol. The summed E-state index contributed by atoms with van der Waals surface area (Å²) in [7, 11) is 0. The molecule has 0 aliphatic carbocycles. The highest BCUT2D eigenvalue weighted by Gasteiger charge is 2.44. The van der Waals surface area contributed by atoms with Crippen molar-refractivity contribution in [3.8, 4) is 0 Å². The average molecular weight is 1040 g/mol. The van der Waals surface area contributed by atoms with Crippen LogP contribution in [0.15, 0.2) is 97.2 Å². The van der Waals surface area contributed by atoms with Crippen molar-refractivity contribution < 1.29 is 39.8 Å². The first-order valence-electron chi connectivity index (χ1n) is 30.5. The maximum atomic E-state index is 13.0. The third-order valence-electron chi connectivity index (χ3n) is 13.9. The zero-order valence-corrected chi connectivity index (χ0v) is 47.3. The van der Waals surface area contributed by atoms with Crippen LogP contribution < -0.4 is 5.32 Å². The highest BCUT2D eigenvalue weighted by atomic mass is 16.7. The summed E-state index contributed by atoms with van der Waals surface area (Å²) in [4.78, 5) is 13.0. The average Bonchev–Trinajstić information content (AvgIpc) is 3.40. The molecule has 7 atom stereocenters. The molecule has 1 rings (SSSR count). The number of ether oxygens (including phenoxy) is 2. The first-order valence-corrected chi connectivity index (χ1v) is 30.5. The van der Waals surface area contributed by atoms with E-state index in [1.165, 1.54) is 141 Å². The minimum absolute atomic E-state index is 0.224. The van der Waals surface area contributed by atoms with Crippen molar-refractivity contribution in [2.45, 2.75) is 294 Å². The number of nitrogens with one attached hydrogen (secondary N) is 1. The Hall–Kier alpha value is -2.89. The molecule has 1 amide bonds. The molecule has 7 unspecified atom stereocenters. The van der Waals surface area contributed by atoms with E-state index in [0.717, 1.165) is 83.5 Å². The Kier molecular flexibility index (Phi) is 50.0. The lowest BCUT2D eigenvalue weighted by atomic mass is 9.99. The van der Waals surface area contributed by atoms with E-state index in [4.69, 9.17) is 9.47 Å². The van der Waals surface area contributed by atoms with E-state index in [2.05, 4.69) is 104 Å². The van der Waals surface area contributed by atoms with Crippen LogP contribution in [0.5, 0.6) is 0 Å². The Labute approximate surface area is 453 Å². The van der Waals surface area contributed by atoms with Crippen LogP contribution in [0.3, 0.4) is 0 Å². The van der Waals surface area contributed by atoms with E-state index in [9.17, 15) is 30.3 Å². The van der Waals surface area contributed by atoms with Gasteiger partial charge in [-0.2, -0.15) is 0 Å². The third-order valence-corrected chi connectivity index (χ3v) is 13.9. The van der Waals surface area contributed by atoms with Crippen LogP contribution >= 0.6 is 0 Å². The van der Waals surface area contributed by atoms with Gasteiger partial charge in [0.25, 0.3) is 0 Å². The van der Waals surface area contributed by atoms with Crippen molar-refractivity contribution in [3.63, 3.8) is 0 Å². The van der Waals surface area contributed by atoms with Crippen LogP contribution in [0.2, 0.25) is 0 Å². The first-order chi connectivity index (χ1) is 36.3. The van der Waals surface area contributed by atoms with Crippen LogP contribution in [0.25, 0.3) is 0 Å². The molecule has 0 aromatic heterocycles. The highest BCUT2D eigenvalue weighted by molar-refractivity contribution is 5.76. The molecule has 1 fully saturated rings. The lowest BCUT2D eigenvalue weighted by Gasteiger charge is -2.40. The summed E-state index contributed by atoms with van der Waals surface area (Å²) in [6.07, 6.45) is 70.7. The van der Waals surface area contributed by atoms with Gasteiger partial charge in [-0.15, -0.1) is 0 Å². The topological polar surface area (TPSA) is 149 Å². The number of amides is 1. The molecule has 1 aliphatic heterocycles. The van der Waals surface area contributed by atoms with Gasteiger partial charge in [0.1, 0.15) is 24.4 Å². The fraction of sp³-hybridized carbons (Fsp3) is 0.738. The number of allylic oxidation sites excluding steroid dienone is 15. The second-order valence-electron chi connectivity index (χ2n) is 20.7. The summed E-state index contributed by atoms with van der Waals surface area (Å²) in [5, 5.41) is 54.5. The molecule has 0 saturated carbocycles. The Balaban J connectivity index is 2.24. The first kappa shape index (κ1) is 69.1. The number of carbonyl (C=O) groups is 1. The molecular formula is C65H113NO8. The summed E-state index contributed by atoms with van der Waals surface area (Å²) in [6.45, 7) is 3.63. The molecule has 426 valence electrons. The number of aliphatic hydroxyl groups excluding tert-OH is 5. The Bertz CT molecular complexity index is 1480. The van der Waals surface area contributed by atoms with E-state index >= 15 is 0 Å². The molecule has 6 N–H and O–H groups in total. The zero-order valence-electron chi connectivity index (χ0n) is 47.3. The molecule has 0 radical (unpaired) electrons. The molecule has 0 aromatic carbocycles. The van der Waals surface area contributed by atoms with Gasteiger partial charge >= 0.3 is 0 Å². The van der Waals surface area contributed by atoms with Crippen molar-refractivity contribution in [2.75, 3.05) is 13.2 Å². The monoisotopic (exact) mass is 1040 g/mol. The molecule has 0 spiro atoms. The molecule has 74 heavy (non-hydrogen) atoms. The van der Waals surface area contributed by atoms with Gasteiger partial charge in [-0.1, -0.05) is 252 Å². The van der Waals surface area contributed by atoms with E-state index in [1.54, 1.807) is 6.08 Å². The molecule has 1 aliphatic rings. The van der Waals surface area contributed by atoms with Gasteiger partial charge in [0.05, 0.1) is 25.4 Å². The number of hydrogen-bond donors (Lipinski definition) is 6. The molecular weight excluding hydrogens is 923 g/mol. The number of rotatable bonds is 51. The van der Waals surface area contributed by atoms with Crippen molar-refractivity contribution in [1.29, 1.82) is 0 Å². The largest absolute Gasteiger partial charge is 0.394 e. The molecule has 9 nitrogen and oxygen atoms in total. The lowest BCUT2D eigenvalue weighted by molar-refractivity contribution is -0.302. The molecule has 0 bridgehead atoms. The van der Waals surface area contributed by atoms with Crippen molar-refractivity contribution >= 4 is 5.91 Å². The van der Waals surface area contributed by atoms with Crippen LogP contribution in [0.4, 0.5) is 0 Å². The molecule has 1 heterocycles. The minimum Gasteiger partial charge on any atom is -0.394 e. The molecule has 1 saturated heterocycles. The van der Waals surface area contributed by atoms with Gasteiger partial charge in [0, 0.05) is 6.42 Å². The van der Waals surface area contributed by atoms with Gasteiger partial charge in [0.2, 0.25) is 5.91 Å². The minimum atomic E-state index is -1.59. The normalized spacial score (nSPS) is 19.7. The quantitative estimate of drug-likeness (QED) is 0.0261. The Morgan fingerprint density at radius 3 is 1.30 bits per heavy atom. The van der Waals surface area contributed by atoms with E-state index in [1.807, 2.05) is 6.08 Å². The zero-order chi connectivity index (χ0) is 53.6. The fourth-order valence-electron chi connectivity index (χ4n) is 9.10. The molecule has 0 aromatic rings. The fourth-order valence-corrected chi connectivity index (χ4v) is 9.10. The summed E-state index contributed by atoms with van der Waals surface area (Å²) in [5.74, 6) is -0.224. The van der Waals surface area contributed by atoms with E-state index in [0.29, 0.717) is 6.42 Å². The number of carbonyl (C=O) groups excluding carboxylic acids is 1. The maximum absolute atomic E-state index is 13.0. The second-order valence-corrected chi connectivity index (χ2v) is 20.7. The van der Waals surface area contributed by atoms with Crippen LogP contribution in [0, 0.1) is 0 Å². The predicted octanol–water partition coefficient (Wildman–Crippen LogP) is 15.6. The van der Waals surface area contributed by atoms with Gasteiger partial charge in [0.15, 0.2) is 6.29 Å². The van der Waals surface area contributed by atoms with Crippen LogP contribution in [-0.2, 0) is 14.3 Å². The summed E-state index contributed by atoms with van der Waals surface area (Å²) < 4.78 is 11.2. The number of hydrogen-bond acceptors (Lipinski definition) is 8. The third kappa shape index (κ3) is 42.2. The van der Waals surface area contributed by atoms with Gasteiger partial charge in [-0.05, 0) is 89.9 Å². The SMILES string of the molecule is CC/C=C\C/C=C\C/C=C\C/C=C\C/C=C\CCCCCC(=O)NC(COC1OC(CO)C(O)C(O)C1O)C(O)/C=C/CC/C=C/CC/C=C/CCCCCCCCCCCCCCCCCCCCCCCC. The van der Waals surface area contributed by atoms with Crippen molar-refractivity contribution in [2.24, 2.45) is 0 Å². The van der Waals surface area contributed by atoms with Crippen molar-refractivity contribution in [3.05, 3.63) is 97.2 Å². The maximum Gasteiger partial charge on any atom is 0.220 e. The smallest absolute Gasteiger partial charge is 0.220 e. The lowest BCUT2D eigenvalue weighted by Crippen LogP contribution is -2.60. The van der Waals surface area contributed by atoms with E-state index in [-0.39, 0.29) is 18.9 Å². The van der Waals surface area contributed by atoms with Crippen molar-refractivity contribution in [1.82, 2.24) is 5.32 Å². The summed E-state index contributed by atoms with van der Waals surface area (Å²) >= 11 is 0. The van der Waals surface area contributed by atoms with E-state index < -0.39 is 49.5 Å². The van der Waals surface area contributed by atoms with Gasteiger partial charge in [-0.3, -0.25) is 4.79 Å². The Morgan fingerprint density at radius 1 is 0.473 bits per heavy atom. The standard InChI is InChI=1S/C65H113NO8/c1-3-5-7-9-11-13-15-17-19-21-23-24-25-26-27-28-29-30-31-32-33-34-35-37-38-40-42-44-46-48-50-52-54-59(68)58(57-73-65-64(72)63(71)62(70)60(56-67)74-65)66-61(69)55-53-51-49-47-45-43-41-39-36-22-20-18-16-14-12-10-8-6-4-2/h6,8,12,14,18,20,36-39,43-46,52,54,58-60,62-65,67-68,70-72H,3-5,7,9-11,13,15-17,19,21-35,40-42,47-51,53,55-57H2,1-2H3,(H,66,69)/b8-6-,14-12-,20-18-,38-37+,39-36-,45-43-,46-44+,54-52+. The van der Waals surface area contributed by atoms with Gasteiger partial charge in [-0.25, -0.2) is 0 Å².